The maximum atomic E-state index is 2.50. The van der Waals surface area contributed by atoms with Crippen LogP contribution in [0, 0.1) is 23.7 Å². The molecular weight excluding hydrogens is 244 g/mol. The maximum Gasteiger partial charge on any atom is 0.0169 e. The first-order valence-corrected chi connectivity index (χ1v) is 11.4. The molecule has 0 aromatic carbocycles. The SMILES string of the molecule is CC/C=C/C1CCC(C2CCC(C[SiH2]C)CC2)CC1. The van der Waals surface area contributed by atoms with Crippen molar-refractivity contribution in [3.8, 4) is 0 Å². The predicted molar refractivity (Wildman–Crippen MR) is 89.5 cm³/mol. The number of allylic oxidation sites excluding steroid dienone is 2. The average molecular weight is 279 g/mol. The molecule has 0 aliphatic heterocycles. The molecule has 0 bridgehead atoms. The van der Waals surface area contributed by atoms with Gasteiger partial charge in [0.2, 0.25) is 0 Å². The molecule has 0 heterocycles. The molecule has 2 saturated carbocycles. The van der Waals surface area contributed by atoms with Gasteiger partial charge in [-0.2, -0.15) is 0 Å². The van der Waals surface area contributed by atoms with Crippen molar-refractivity contribution in [3.05, 3.63) is 12.2 Å². The molecular formula is C18H34Si. The molecule has 19 heavy (non-hydrogen) atoms. The Hall–Kier alpha value is -0.0431. The van der Waals surface area contributed by atoms with Crippen molar-refractivity contribution < 1.29 is 0 Å². The van der Waals surface area contributed by atoms with Gasteiger partial charge in [-0.25, -0.2) is 0 Å². The first-order chi connectivity index (χ1) is 9.33. The summed E-state index contributed by atoms with van der Waals surface area (Å²) in [5.74, 6) is 4.24. The molecule has 0 atom stereocenters. The van der Waals surface area contributed by atoms with E-state index in [-0.39, 0.29) is 0 Å². The van der Waals surface area contributed by atoms with E-state index in [0.29, 0.717) is 9.52 Å². The molecule has 0 amide bonds. The third-order valence-corrected chi connectivity index (χ3v) is 7.11. The van der Waals surface area contributed by atoms with Gasteiger partial charge in [0.05, 0.1) is 0 Å². The van der Waals surface area contributed by atoms with Crippen molar-refractivity contribution >= 4 is 9.52 Å². The Morgan fingerprint density at radius 3 is 2.00 bits per heavy atom. The second-order valence-electron chi connectivity index (χ2n) is 7.08. The molecule has 0 radical (unpaired) electrons. The Balaban J connectivity index is 1.69. The van der Waals surface area contributed by atoms with Crippen molar-refractivity contribution in [3.63, 3.8) is 0 Å². The predicted octanol–water partition coefficient (Wildman–Crippen LogP) is 5.20. The lowest BCUT2D eigenvalue weighted by molar-refractivity contribution is 0.160. The van der Waals surface area contributed by atoms with Crippen LogP contribution in [0.2, 0.25) is 12.6 Å². The molecule has 2 aliphatic rings. The van der Waals surface area contributed by atoms with E-state index in [1.165, 1.54) is 32.1 Å². The van der Waals surface area contributed by atoms with Crippen LogP contribution in [0.4, 0.5) is 0 Å². The fourth-order valence-electron chi connectivity index (χ4n) is 4.49. The van der Waals surface area contributed by atoms with Gasteiger partial charge in [0.15, 0.2) is 0 Å². The minimum atomic E-state index is 0.306. The Kier molecular flexibility index (Phi) is 6.70. The molecule has 0 saturated heterocycles. The minimum absolute atomic E-state index is 0.306. The highest BCUT2D eigenvalue weighted by Gasteiger charge is 2.29. The molecule has 0 nitrogen and oxygen atoms in total. The van der Waals surface area contributed by atoms with Gasteiger partial charge in [-0.15, -0.1) is 0 Å². The Morgan fingerprint density at radius 1 is 0.895 bits per heavy atom. The van der Waals surface area contributed by atoms with E-state index in [2.05, 4.69) is 25.6 Å². The van der Waals surface area contributed by atoms with Crippen LogP contribution in [0.25, 0.3) is 0 Å². The summed E-state index contributed by atoms with van der Waals surface area (Å²) in [7, 11) is 0.306. The monoisotopic (exact) mass is 278 g/mol. The first kappa shape index (κ1) is 15.3. The standard InChI is InChI=1S/C18H34Si/c1-3-4-5-15-6-10-17(11-7-15)18-12-8-16(9-13-18)14-19-2/h4-5,15-18H,3,6-14,19H2,1-2H3/b5-4+. The zero-order valence-corrected chi connectivity index (χ0v) is 14.7. The summed E-state index contributed by atoms with van der Waals surface area (Å²) in [6.07, 6.45) is 18.4. The summed E-state index contributed by atoms with van der Waals surface area (Å²) in [6, 6.07) is 1.63. The lowest BCUT2D eigenvalue weighted by atomic mass is 9.69. The molecule has 0 spiro atoms. The molecule has 110 valence electrons. The summed E-state index contributed by atoms with van der Waals surface area (Å²) in [5, 5.41) is 0. The first-order valence-electron chi connectivity index (χ1n) is 9.00. The average Bonchev–Trinajstić information content (AvgIpc) is 2.47. The molecule has 0 aromatic rings. The van der Waals surface area contributed by atoms with Crippen molar-refractivity contribution in [1.82, 2.24) is 0 Å². The Bertz CT molecular complexity index is 255. The summed E-state index contributed by atoms with van der Waals surface area (Å²) < 4.78 is 0. The van der Waals surface area contributed by atoms with Crippen molar-refractivity contribution in [2.75, 3.05) is 0 Å². The topological polar surface area (TPSA) is 0 Å². The van der Waals surface area contributed by atoms with Crippen LogP contribution < -0.4 is 0 Å². The van der Waals surface area contributed by atoms with Gasteiger partial charge >= 0.3 is 0 Å². The van der Waals surface area contributed by atoms with Crippen LogP contribution in [0.1, 0.15) is 64.7 Å². The van der Waals surface area contributed by atoms with Crippen LogP contribution in [0.5, 0.6) is 0 Å². The van der Waals surface area contributed by atoms with Gasteiger partial charge in [-0.05, 0) is 68.6 Å². The largest absolute Gasteiger partial charge is 0.0885 e. The molecule has 0 unspecified atom stereocenters. The fourth-order valence-corrected chi connectivity index (χ4v) is 5.89. The smallest absolute Gasteiger partial charge is 0.0169 e. The second kappa shape index (κ2) is 8.29. The molecule has 0 N–H and O–H groups in total. The van der Waals surface area contributed by atoms with E-state index in [0.717, 1.165) is 23.7 Å². The van der Waals surface area contributed by atoms with Gasteiger partial charge in [-0.3, -0.25) is 0 Å². The van der Waals surface area contributed by atoms with E-state index in [4.69, 9.17) is 0 Å². The highest BCUT2D eigenvalue weighted by Crippen LogP contribution is 2.42. The highest BCUT2D eigenvalue weighted by molar-refractivity contribution is 6.33. The highest BCUT2D eigenvalue weighted by atomic mass is 28.2. The van der Waals surface area contributed by atoms with E-state index >= 15 is 0 Å². The van der Waals surface area contributed by atoms with Crippen LogP contribution in [0.15, 0.2) is 12.2 Å². The number of hydrogen-bond acceptors (Lipinski definition) is 0. The summed E-state index contributed by atoms with van der Waals surface area (Å²) in [5.41, 5.74) is 0. The summed E-state index contributed by atoms with van der Waals surface area (Å²) in [6.45, 7) is 4.73. The fraction of sp³-hybridized carbons (Fsp3) is 0.889. The van der Waals surface area contributed by atoms with Gasteiger partial charge in [0, 0.05) is 9.52 Å². The molecule has 2 aliphatic carbocycles. The zero-order valence-electron chi connectivity index (χ0n) is 13.2. The quantitative estimate of drug-likeness (QED) is 0.479. The molecule has 2 rings (SSSR count). The van der Waals surface area contributed by atoms with Gasteiger partial charge < -0.3 is 0 Å². The minimum Gasteiger partial charge on any atom is -0.0885 e. The summed E-state index contributed by atoms with van der Waals surface area (Å²) >= 11 is 0. The Labute approximate surface area is 123 Å². The molecule has 0 aromatic heterocycles. The van der Waals surface area contributed by atoms with Gasteiger partial charge in [-0.1, -0.05) is 44.5 Å². The van der Waals surface area contributed by atoms with Gasteiger partial charge in [0.1, 0.15) is 0 Å². The van der Waals surface area contributed by atoms with E-state index < -0.39 is 0 Å². The number of rotatable bonds is 5. The molecule has 1 heteroatoms. The maximum absolute atomic E-state index is 2.50. The molecule has 2 fully saturated rings. The van der Waals surface area contributed by atoms with Gasteiger partial charge in [0.25, 0.3) is 0 Å². The van der Waals surface area contributed by atoms with Crippen LogP contribution in [-0.4, -0.2) is 9.52 Å². The number of hydrogen-bond donors (Lipinski definition) is 0. The second-order valence-corrected chi connectivity index (χ2v) is 8.66. The van der Waals surface area contributed by atoms with Crippen molar-refractivity contribution in [1.29, 1.82) is 0 Å². The lowest BCUT2D eigenvalue weighted by Crippen LogP contribution is -2.25. The summed E-state index contributed by atoms with van der Waals surface area (Å²) in [4.78, 5) is 0. The Morgan fingerprint density at radius 2 is 1.47 bits per heavy atom. The van der Waals surface area contributed by atoms with E-state index in [9.17, 15) is 0 Å². The zero-order chi connectivity index (χ0) is 13.5. The van der Waals surface area contributed by atoms with Crippen LogP contribution in [0.3, 0.4) is 0 Å². The van der Waals surface area contributed by atoms with Crippen LogP contribution >= 0.6 is 0 Å². The van der Waals surface area contributed by atoms with E-state index in [1.54, 1.807) is 31.7 Å². The van der Waals surface area contributed by atoms with Crippen molar-refractivity contribution in [2.24, 2.45) is 23.7 Å². The van der Waals surface area contributed by atoms with E-state index in [1.807, 2.05) is 0 Å². The third kappa shape index (κ3) is 4.77. The third-order valence-electron chi connectivity index (χ3n) is 5.72. The van der Waals surface area contributed by atoms with Crippen molar-refractivity contribution in [2.45, 2.75) is 77.3 Å². The lowest BCUT2D eigenvalue weighted by Gasteiger charge is -2.37. The van der Waals surface area contributed by atoms with Crippen LogP contribution in [-0.2, 0) is 0 Å². The normalized spacial score (nSPS) is 37.4.